The van der Waals surface area contributed by atoms with Crippen LogP contribution in [-0.2, 0) is 17.9 Å². The molecule has 11 heteroatoms. The third-order valence-electron chi connectivity index (χ3n) is 2.04. The van der Waals surface area contributed by atoms with Gasteiger partial charge in [0.1, 0.15) is 12.2 Å². The van der Waals surface area contributed by atoms with Crippen LogP contribution in [0, 0.1) is 0 Å². The summed E-state index contributed by atoms with van der Waals surface area (Å²) in [6, 6.07) is 0. The zero-order chi connectivity index (χ0) is 13.8. The predicted molar refractivity (Wildman–Crippen MR) is 57.5 cm³/mol. The van der Waals surface area contributed by atoms with Gasteiger partial charge < -0.3 is 16.2 Å². The Labute approximate surface area is 105 Å². The number of carboxylic acids is 1. The summed E-state index contributed by atoms with van der Waals surface area (Å²) in [7, 11) is 0. The van der Waals surface area contributed by atoms with Crippen molar-refractivity contribution in [1.82, 2.24) is 30.6 Å². The normalized spacial score (nSPS) is 10.3. The number of hydrogen-bond acceptors (Lipinski definition) is 8. The number of aromatic nitrogens is 5. The summed E-state index contributed by atoms with van der Waals surface area (Å²) in [5.41, 5.74) is 5.61. The smallest absolute Gasteiger partial charge is 0.325 e. The predicted octanol–water partition coefficient (Wildman–Crippen LogP) is -1.74. The summed E-state index contributed by atoms with van der Waals surface area (Å²) in [5.74, 6) is -1.74. The zero-order valence-electron chi connectivity index (χ0n) is 9.48. The molecular weight excluding hydrogens is 258 g/mol. The van der Waals surface area contributed by atoms with E-state index < -0.39 is 11.9 Å². The van der Waals surface area contributed by atoms with Gasteiger partial charge in [-0.05, 0) is 10.3 Å². The van der Waals surface area contributed by atoms with Crippen LogP contribution < -0.4 is 11.1 Å². The third kappa shape index (κ3) is 3.02. The molecule has 1 amide bonds. The van der Waals surface area contributed by atoms with Gasteiger partial charge in [-0.1, -0.05) is 5.21 Å². The van der Waals surface area contributed by atoms with Crippen LogP contribution in [0.5, 0.6) is 0 Å². The van der Waals surface area contributed by atoms with E-state index in [-0.39, 0.29) is 24.6 Å². The zero-order valence-corrected chi connectivity index (χ0v) is 9.48. The topological polar surface area (TPSA) is 162 Å². The molecular formula is C8H9N7O4. The number of carboxylic acid groups (broad SMARTS) is 1. The number of aliphatic carboxylic acids is 1. The minimum Gasteiger partial charge on any atom is -0.480 e. The van der Waals surface area contributed by atoms with Gasteiger partial charge in [0.05, 0.1) is 12.7 Å². The van der Waals surface area contributed by atoms with Crippen molar-refractivity contribution < 1.29 is 19.3 Å². The van der Waals surface area contributed by atoms with Crippen molar-refractivity contribution in [2.45, 2.75) is 13.1 Å². The standard InChI is InChI=1S/C8H9N7O4/c9-7-6(12-19-13-7)8(18)10-1-4-2-15(14-11-4)3-5(16)17/h2H,1,3H2,(H2,9,13)(H,10,18)(H,16,17). The maximum atomic E-state index is 11.6. The maximum absolute atomic E-state index is 11.6. The van der Waals surface area contributed by atoms with Crippen LogP contribution >= 0.6 is 0 Å². The lowest BCUT2D eigenvalue weighted by atomic mass is 10.4. The molecule has 100 valence electrons. The van der Waals surface area contributed by atoms with Crippen molar-refractivity contribution in [2.24, 2.45) is 0 Å². The first-order valence-corrected chi connectivity index (χ1v) is 5.03. The van der Waals surface area contributed by atoms with E-state index in [0.717, 1.165) is 4.68 Å². The van der Waals surface area contributed by atoms with Crippen molar-refractivity contribution in [1.29, 1.82) is 0 Å². The first-order valence-electron chi connectivity index (χ1n) is 5.03. The second-order valence-electron chi connectivity index (χ2n) is 3.48. The van der Waals surface area contributed by atoms with Gasteiger partial charge >= 0.3 is 5.97 Å². The van der Waals surface area contributed by atoms with E-state index >= 15 is 0 Å². The van der Waals surface area contributed by atoms with E-state index in [4.69, 9.17) is 10.8 Å². The molecule has 0 radical (unpaired) electrons. The summed E-state index contributed by atoms with van der Waals surface area (Å²) < 4.78 is 5.42. The van der Waals surface area contributed by atoms with E-state index in [0.29, 0.717) is 5.69 Å². The third-order valence-corrected chi connectivity index (χ3v) is 2.04. The molecule has 2 rings (SSSR count). The van der Waals surface area contributed by atoms with Crippen molar-refractivity contribution in [3.05, 3.63) is 17.6 Å². The van der Waals surface area contributed by atoms with E-state index in [2.05, 4.69) is 30.6 Å². The average Bonchev–Trinajstić information content (AvgIpc) is 2.94. The Kier molecular flexibility index (Phi) is 3.36. The Morgan fingerprint density at radius 1 is 1.47 bits per heavy atom. The molecule has 0 fully saturated rings. The second-order valence-corrected chi connectivity index (χ2v) is 3.48. The van der Waals surface area contributed by atoms with Gasteiger partial charge in [-0.2, -0.15) is 0 Å². The summed E-state index contributed by atoms with van der Waals surface area (Å²) in [6.07, 6.45) is 1.40. The lowest BCUT2D eigenvalue weighted by Crippen LogP contribution is -2.24. The fourth-order valence-electron chi connectivity index (χ4n) is 1.24. The van der Waals surface area contributed by atoms with Crippen LogP contribution in [-0.4, -0.2) is 42.3 Å². The highest BCUT2D eigenvalue weighted by molar-refractivity contribution is 5.95. The largest absolute Gasteiger partial charge is 0.480 e. The van der Waals surface area contributed by atoms with Crippen LogP contribution in [0.1, 0.15) is 16.2 Å². The van der Waals surface area contributed by atoms with Gasteiger partial charge in [0.2, 0.25) is 11.5 Å². The number of nitrogens with zero attached hydrogens (tertiary/aromatic N) is 5. The molecule has 2 heterocycles. The van der Waals surface area contributed by atoms with E-state index in [9.17, 15) is 9.59 Å². The lowest BCUT2D eigenvalue weighted by molar-refractivity contribution is -0.137. The summed E-state index contributed by atoms with van der Waals surface area (Å²) in [5, 5.41) is 24.9. The van der Waals surface area contributed by atoms with Gasteiger partial charge in [-0.25, -0.2) is 9.31 Å². The minimum atomic E-state index is -1.04. The number of amides is 1. The molecule has 0 aliphatic heterocycles. The molecule has 0 spiro atoms. The van der Waals surface area contributed by atoms with Gasteiger partial charge in [0.15, 0.2) is 0 Å². The maximum Gasteiger partial charge on any atom is 0.325 e. The van der Waals surface area contributed by atoms with Crippen molar-refractivity contribution >= 4 is 17.7 Å². The number of nitrogens with two attached hydrogens (primary N) is 1. The van der Waals surface area contributed by atoms with Gasteiger partial charge in [-0.3, -0.25) is 9.59 Å². The van der Waals surface area contributed by atoms with E-state index in [1.807, 2.05) is 0 Å². The van der Waals surface area contributed by atoms with Crippen LogP contribution in [0.2, 0.25) is 0 Å². The Bertz CT molecular complexity index is 604. The highest BCUT2D eigenvalue weighted by atomic mass is 16.6. The summed E-state index contributed by atoms with van der Waals surface area (Å²) >= 11 is 0. The monoisotopic (exact) mass is 267 g/mol. The number of nitrogen functional groups attached to an aromatic ring is 1. The molecule has 0 saturated heterocycles. The summed E-state index contributed by atoms with van der Waals surface area (Å²) in [6.45, 7) is -0.258. The number of hydrogen-bond donors (Lipinski definition) is 3. The van der Waals surface area contributed by atoms with Crippen LogP contribution in [0.25, 0.3) is 0 Å². The molecule has 19 heavy (non-hydrogen) atoms. The molecule has 2 aromatic rings. The molecule has 0 unspecified atom stereocenters. The highest BCUT2D eigenvalue weighted by Gasteiger charge is 2.16. The molecule has 11 nitrogen and oxygen atoms in total. The molecule has 4 N–H and O–H groups in total. The molecule has 0 aliphatic rings. The van der Waals surface area contributed by atoms with Crippen molar-refractivity contribution in [3.63, 3.8) is 0 Å². The van der Waals surface area contributed by atoms with E-state index in [1.165, 1.54) is 6.20 Å². The molecule has 0 bridgehead atoms. The SMILES string of the molecule is Nc1nonc1C(=O)NCc1cn(CC(=O)O)nn1. The number of carbonyl (C=O) groups excluding carboxylic acids is 1. The number of carbonyl (C=O) groups is 2. The Morgan fingerprint density at radius 3 is 2.89 bits per heavy atom. The quantitative estimate of drug-likeness (QED) is 0.570. The highest BCUT2D eigenvalue weighted by Crippen LogP contribution is 2.03. The second kappa shape index (κ2) is 5.12. The minimum absolute atomic E-state index is 0.0464. The van der Waals surface area contributed by atoms with Crippen LogP contribution in [0.4, 0.5) is 5.82 Å². The molecule has 0 atom stereocenters. The van der Waals surface area contributed by atoms with Crippen molar-refractivity contribution in [3.8, 4) is 0 Å². The Hall–Kier alpha value is -2.98. The van der Waals surface area contributed by atoms with Gasteiger partial charge in [0, 0.05) is 0 Å². The molecule has 0 aromatic carbocycles. The first-order chi connectivity index (χ1) is 9.06. The summed E-state index contributed by atoms with van der Waals surface area (Å²) in [4.78, 5) is 22.0. The number of nitrogens with one attached hydrogen (secondary N) is 1. The Morgan fingerprint density at radius 2 is 2.26 bits per heavy atom. The van der Waals surface area contributed by atoms with Crippen LogP contribution in [0.15, 0.2) is 10.8 Å². The average molecular weight is 267 g/mol. The molecule has 0 saturated carbocycles. The first kappa shape index (κ1) is 12.5. The van der Waals surface area contributed by atoms with Gasteiger partial charge in [-0.15, -0.1) is 5.10 Å². The van der Waals surface area contributed by atoms with Gasteiger partial charge in [0.25, 0.3) is 5.91 Å². The van der Waals surface area contributed by atoms with Crippen LogP contribution in [0.3, 0.4) is 0 Å². The fourth-order valence-corrected chi connectivity index (χ4v) is 1.24. The number of anilines is 1. The molecule has 0 aliphatic carbocycles. The molecule has 2 aromatic heterocycles. The Balaban J connectivity index is 1.92. The fraction of sp³-hybridized carbons (Fsp3) is 0.250. The lowest BCUT2D eigenvalue weighted by Gasteiger charge is -1.98. The van der Waals surface area contributed by atoms with E-state index in [1.54, 1.807) is 0 Å². The number of rotatable bonds is 5. The van der Waals surface area contributed by atoms with Crippen molar-refractivity contribution in [2.75, 3.05) is 5.73 Å².